The Balaban J connectivity index is 1.72. The van der Waals surface area contributed by atoms with Gasteiger partial charge in [0.1, 0.15) is 5.69 Å². The van der Waals surface area contributed by atoms with Crippen molar-refractivity contribution in [2.24, 2.45) is 0 Å². The molecule has 8 heteroatoms. The molecule has 1 aliphatic rings. The normalized spacial score (nSPS) is 13.6. The van der Waals surface area contributed by atoms with Gasteiger partial charge in [0.2, 0.25) is 0 Å². The van der Waals surface area contributed by atoms with Crippen LogP contribution in [0.1, 0.15) is 5.56 Å². The molecule has 0 saturated carbocycles. The molecule has 5 nitrogen and oxygen atoms in total. The molecule has 0 atom stereocenters. The number of halogens is 1. The number of thiazole rings is 1. The van der Waals surface area contributed by atoms with Crippen LogP contribution in [-0.2, 0) is 11.3 Å². The van der Waals surface area contributed by atoms with E-state index in [9.17, 15) is 5.02 Å². The molecule has 2 aromatic carbocycles. The third-order valence-corrected chi connectivity index (χ3v) is 5.27. The fraction of sp³-hybridized carbons (Fsp3) is 0.0588. The molecule has 0 fully saturated rings. The molecule has 4 aromatic rings. The quantitative estimate of drug-likeness (QED) is 0.534. The van der Waals surface area contributed by atoms with E-state index in [0.717, 1.165) is 44.7 Å². The fourth-order valence-corrected chi connectivity index (χ4v) is 3.98. The van der Waals surface area contributed by atoms with Crippen LogP contribution in [0.4, 0.5) is 0 Å². The fourth-order valence-electron chi connectivity index (χ4n) is 3.15. The van der Waals surface area contributed by atoms with Gasteiger partial charge in [0.15, 0.2) is 5.82 Å². The molecule has 25 heavy (non-hydrogen) atoms. The Bertz CT molecular complexity index is 1100. The van der Waals surface area contributed by atoms with Crippen LogP contribution in [0.25, 0.3) is 33.7 Å². The molecule has 2 N–H and O–H groups in total. The van der Waals surface area contributed by atoms with Gasteiger partial charge in [-0.15, -0.1) is 11.3 Å². The van der Waals surface area contributed by atoms with Crippen molar-refractivity contribution in [3.63, 3.8) is 0 Å². The van der Waals surface area contributed by atoms with Crippen LogP contribution in [0.3, 0.4) is 0 Å². The lowest BCUT2D eigenvalue weighted by Gasteiger charge is -2.08. The van der Waals surface area contributed by atoms with E-state index in [1.54, 1.807) is 5.51 Å². The highest BCUT2D eigenvalue weighted by Gasteiger charge is 2.29. The maximum atomic E-state index is 9.99. The summed E-state index contributed by atoms with van der Waals surface area (Å²) < 4.78 is 5.28. The van der Waals surface area contributed by atoms with Crippen molar-refractivity contribution in [1.29, 1.82) is 0 Å². The van der Waals surface area contributed by atoms with Crippen LogP contribution in [0.5, 0.6) is 0 Å². The molecule has 5 rings (SSSR count). The number of benzene rings is 2. The van der Waals surface area contributed by atoms with Crippen LogP contribution in [-0.4, -0.2) is 27.1 Å². The molecule has 0 aliphatic carbocycles. The van der Waals surface area contributed by atoms with Gasteiger partial charge in [-0.05, 0) is 23.2 Å². The second-order valence-corrected chi connectivity index (χ2v) is 6.98. The van der Waals surface area contributed by atoms with Crippen LogP contribution in [0.2, 0.25) is 5.02 Å². The number of H-pyrrole nitrogens is 1. The summed E-state index contributed by atoms with van der Waals surface area (Å²) in [5.74, 6) is 0.726. The summed E-state index contributed by atoms with van der Waals surface area (Å²) in [4.78, 5) is 12.3. The zero-order valence-corrected chi connectivity index (χ0v) is 14.4. The van der Waals surface area contributed by atoms with Gasteiger partial charge >= 0.3 is 7.12 Å². The van der Waals surface area contributed by atoms with Gasteiger partial charge in [-0.1, -0.05) is 29.8 Å². The standard InChI is InChI=1S/C17H11BClN3O2S/c19-13-4-9-6-24-18(23)12(9)5-11(13)10-2-1-3-14-16(10)22-17(21-14)15-7-25-8-20-15/h1-5,7-8,23H,6H2,(H,21,22). The molecule has 3 heterocycles. The summed E-state index contributed by atoms with van der Waals surface area (Å²) in [5, 5.41) is 12.6. The van der Waals surface area contributed by atoms with E-state index in [0.29, 0.717) is 11.6 Å². The van der Waals surface area contributed by atoms with Gasteiger partial charge in [-0.3, -0.25) is 0 Å². The number of fused-ring (bicyclic) bond motifs is 2. The highest BCUT2D eigenvalue weighted by molar-refractivity contribution is 7.07. The first kappa shape index (κ1) is 15.1. The second-order valence-electron chi connectivity index (χ2n) is 5.86. The molecule has 0 unspecified atom stereocenters. The average Bonchev–Trinajstić information content (AvgIpc) is 3.33. The van der Waals surface area contributed by atoms with Crippen molar-refractivity contribution < 1.29 is 9.68 Å². The van der Waals surface area contributed by atoms with Gasteiger partial charge in [0.05, 0.1) is 23.2 Å². The molecular formula is C17H11BClN3O2S. The maximum Gasteiger partial charge on any atom is 0.491 e. The van der Waals surface area contributed by atoms with Gasteiger partial charge < -0.3 is 14.7 Å². The van der Waals surface area contributed by atoms with Crippen molar-refractivity contribution in [2.75, 3.05) is 0 Å². The number of nitrogens with zero attached hydrogens (tertiary/aromatic N) is 2. The Morgan fingerprint density at radius 2 is 2.20 bits per heavy atom. The van der Waals surface area contributed by atoms with Gasteiger partial charge in [-0.2, -0.15) is 0 Å². The van der Waals surface area contributed by atoms with E-state index in [-0.39, 0.29) is 0 Å². The predicted octanol–water partition coefficient (Wildman–Crippen LogP) is 3.22. The number of rotatable bonds is 2. The Kier molecular flexibility index (Phi) is 3.43. The average molecular weight is 368 g/mol. The van der Waals surface area contributed by atoms with Crippen LogP contribution in [0.15, 0.2) is 41.2 Å². The van der Waals surface area contributed by atoms with Crippen LogP contribution in [0, 0.1) is 0 Å². The lowest BCUT2D eigenvalue weighted by Crippen LogP contribution is -2.28. The first-order valence-electron chi connectivity index (χ1n) is 7.70. The Morgan fingerprint density at radius 3 is 3.04 bits per heavy atom. The van der Waals surface area contributed by atoms with Crippen LogP contribution < -0.4 is 5.46 Å². The zero-order chi connectivity index (χ0) is 17.0. The third kappa shape index (κ3) is 2.39. The number of para-hydroxylation sites is 1. The van der Waals surface area contributed by atoms with Crippen molar-refractivity contribution in [1.82, 2.24) is 15.0 Å². The van der Waals surface area contributed by atoms with E-state index in [1.165, 1.54) is 11.3 Å². The van der Waals surface area contributed by atoms with Gasteiger partial charge in [0.25, 0.3) is 0 Å². The minimum atomic E-state index is -0.907. The molecule has 2 aromatic heterocycles. The molecule has 0 bridgehead atoms. The SMILES string of the molecule is OB1OCc2cc(Cl)c(-c3cccc4[nH]c(-c5cscn5)nc34)cc21. The summed E-state index contributed by atoms with van der Waals surface area (Å²) in [5.41, 5.74) is 7.73. The van der Waals surface area contributed by atoms with Crippen molar-refractivity contribution >= 4 is 46.6 Å². The number of aromatic amines is 1. The predicted molar refractivity (Wildman–Crippen MR) is 100 cm³/mol. The first-order valence-corrected chi connectivity index (χ1v) is 9.02. The molecule has 0 spiro atoms. The largest absolute Gasteiger partial charge is 0.491 e. The summed E-state index contributed by atoms with van der Waals surface area (Å²) in [6.45, 7) is 0.372. The lowest BCUT2D eigenvalue weighted by molar-refractivity contribution is 0.275. The minimum absolute atomic E-state index is 0.372. The molecule has 0 amide bonds. The topological polar surface area (TPSA) is 71.0 Å². The molecule has 0 radical (unpaired) electrons. The van der Waals surface area contributed by atoms with Crippen molar-refractivity contribution in [3.05, 3.63) is 51.8 Å². The molecular weight excluding hydrogens is 357 g/mol. The van der Waals surface area contributed by atoms with Gasteiger partial charge in [0, 0.05) is 21.5 Å². The van der Waals surface area contributed by atoms with Gasteiger partial charge in [-0.25, -0.2) is 9.97 Å². The van der Waals surface area contributed by atoms with Crippen molar-refractivity contribution in [3.8, 4) is 22.6 Å². The number of imidazole rings is 1. The molecule has 0 saturated heterocycles. The Morgan fingerprint density at radius 1 is 1.28 bits per heavy atom. The first-order chi connectivity index (χ1) is 12.2. The van der Waals surface area contributed by atoms with E-state index < -0.39 is 7.12 Å². The Hall–Kier alpha value is -2.19. The summed E-state index contributed by atoms with van der Waals surface area (Å²) >= 11 is 8.04. The van der Waals surface area contributed by atoms with E-state index in [1.807, 2.05) is 35.7 Å². The van der Waals surface area contributed by atoms with E-state index >= 15 is 0 Å². The van der Waals surface area contributed by atoms with Crippen LogP contribution >= 0.6 is 22.9 Å². The zero-order valence-electron chi connectivity index (χ0n) is 12.9. The van der Waals surface area contributed by atoms with E-state index in [2.05, 4.69) is 9.97 Å². The van der Waals surface area contributed by atoms with Crippen molar-refractivity contribution in [2.45, 2.75) is 6.61 Å². The highest BCUT2D eigenvalue weighted by atomic mass is 35.5. The number of nitrogens with one attached hydrogen (secondary N) is 1. The second kappa shape index (κ2) is 5.67. The number of hydrogen-bond donors (Lipinski definition) is 2. The van der Waals surface area contributed by atoms with E-state index in [4.69, 9.17) is 21.2 Å². The lowest BCUT2D eigenvalue weighted by atomic mass is 9.78. The maximum absolute atomic E-state index is 9.99. The number of hydrogen-bond acceptors (Lipinski definition) is 5. The monoisotopic (exact) mass is 367 g/mol. The Labute approximate surface area is 152 Å². The minimum Gasteiger partial charge on any atom is -0.423 e. The summed E-state index contributed by atoms with van der Waals surface area (Å²) in [7, 11) is -0.907. The summed E-state index contributed by atoms with van der Waals surface area (Å²) in [6.07, 6.45) is 0. The number of aromatic nitrogens is 3. The molecule has 1 aliphatic heterocycles. The smallest absolute Gasteiger partial charge is 0.423 e. The summed E-state index contributed by atoms with van der Waals surface area (Å²) in [6, 6.07) is 9.65. The molecule has 122 valence electrons. The highest BCUT2D eigenvalue weighted by Crippen LogP contribution is 2.34. The third-order valence-electron chi connectivity index (χ3n) is 4.37.